The Kier molecular flexibility index (Phi) is 9.24. The van der Waals surface area contributed by atoms with Gasteiger partial charge in [0.1, 0.15) is 0 Å². The predicted molar refractivity (Wildman–Crippen MR) is 63.9 cm³/mol. The van der Waals surface area contributed by atoms with Gasteiger partial charge >= 0.3 is 5.97 Å². The summed E-state index contributed by atoms with van der Waals surface area (Å²) in [5.41, 5.74) is 0. The van der Waals surface area contributed by atoms with Gasteiger partial charge < -0.3 is 5.11 Å². The summed E-state index contributed by atoms with van der Waals surface area (Å²) in [6.45, 7) is 3.93. The third-order valence-electron chi connectivity index (χ3n) is 2.58. The summed E-state index contributed by atoms with van der Waals surface area (Å²) in [5.74, 6) is -0.842. The van der Waals surface area contributed by atoms with Gasteiger partial charge in [-0.3, -0.25) is 4.79 Å². The van der Waals surface area contributed by atoms with Crippen LogP contribution in [-0.4, -0.2) is 11.1 Å². The minimum Gasteiger partial charge on any atom is -0.481 e. The van der Waals surface area contributed by atoms with E-state index in [1.54, 1.807) is 6.92 Å². The molecule has 15 heavy (non-hydrogen) atoms. The van der Waals surface area contributed by atoms with Crippen LogP contribution < -0.4 is 0 Å². The molecule has 0 bridgehead atoms. The number of rotatable bonds is 9. The first-order valence-electron chi connectivity index (χ1n) is 6.06. The lowest BCUT2D eigenvalue weighted by molar-refractivity contribution is -0.141. The molecule has 0 aromatic heterocycles. The van der Waals surface area contributed by atoms with E-state index in [1.807, 2.05) is 0 Å². The zero-order chi connectivity index (χ0) is 11.5. The van der Waals surface area contributed by atoms with Crippen molar-refractivity contribution in [2.24, 2.45) is 5.92 Å². The van der Waals surface area contributed by atoms with Crippen LogP contribution in [0.2, 0.25) is 0 Å². The van der Waals surface area contributed by atoms with Crippen molar-refractivity contribution >= 4 is 5.97 Å². The van der Waals surface area contributed by atoms with E-state index < -0.39 is 5.97 Å². The summed E-state index contributed by atoms with van der Waals surface area (Å²) in [6, 6.07) is 0. The molecule has 1 atom stereocenters. The number of aliphatic carboxylic acids is 1. The monoisotopic (exact) mass is 212 g/mol. The lowest BCUT2D eigenvalue weighted by Crippen LogP contribution is -2.08. The number of carboxylic acids is 1. The molecule has 0 fully saturated rings. The Morgan fingerprint density at radius 1 is 1.20 bits per heavy atom. The first-order chi connectivity index (χ1) is 7.18. The summed E-state index contributed by atoms with van der Waals surface area (Å²) in [7, 11) is 0. The van der Waals surface area contributed by atoms with Crippen LogP contribution in [0.3, 0.4) is 0 Å². The van der Waals surface area contributed by atoms with Crippen LogP contribution >= 0.6 is 0 Å². The van der Waals surface area contributed by atoms with Crippen molar-refractivity contribution in [3.63, 3.8) is 0 Å². The van der Waals surface area contributed by atoms with Crippen LogP contribution in [0.25, 0.3) is 0 Å². The number of unbranched alkanes of at least 4 members (excludes halogenated alkanes) is 4. The maximum Gasteiger partial charge on any atom is 0.306 e. The van der Waals surface area contributed by atoms with Gasteiger partial charge in [-0.05, 0) is 25.7 Å². The molecule has 0 aliphatic carbocycles. The quantitative estimate of drug-likeness (QED) is 0.463. The zero-order valence-electron chi connectivity index (χ0n) is 10.0. The SMILES string of the molecule is CCC=CCCCCCCC(C)C(=O)O. The fourth-order valence-electron chi connectivity index (χ4n) is 1.47. The second-order valence-corrected chi connectivity index (χ2v) is 4.11. The Morgan fingerprint density at radius 3 is 2.47 bits per heavy atom. The lowest BCUT2D eigenvalue weighted by atomic mass is 10.0. The maximum absolute atomic E-state index is 10.5. The Bertz CT molecular complexity index is 185. The van der Waals surface area contributed by atoms with E-state index in [4.69, 9.17) is 5.11 Å². The molecule has 1 N–H and O–H groups in total. The van der Waals surface area contributed by atoms with Crippen LogP contribution in [0.1, 0.15) is 58.8 Å². The molecule has 2 heteroatoms. The second kappa shape index (κ2) is 9.75. The molecular weight excluding hydrogens is 188 g/mol. The van der Waals surface area contributed by atoms with Gasteiger partial charge in [0.25, 0.3) is 0 Å². The van der Waals surface area contributed by atoms with E-state index in [9.17, 15) is 4.79 Å². The molecule has 0 saturated carbocycles. The van der Waals surface area contributed by atoms with Gasteiger partial charge in [-0.1, -0.05) is 45.3 Å². The average molecular weight is 212 g/mol. The van der Waals surface area contributed by atoms with Gasteiger partial charge in [0.2, 0.25) is 0 Å². The standard InChI is InChI=1S/C13H24O2/c1-3-4-5-6-7-8-9-10-11-12(2)13(14)15/h4-5,12H,3,6-11H2,1-2H3,(H,14,15). The first kappa shape index (κ1) is 14.2. The molecule has 0 saturated heterocycles. The fraction of sp³-hybridized carbons (Fsp3) is 0.769. The molecule has 0 rings (SSSR count). The summed E-state index contributed by atoms with van der Waals surface area (Å²) >= 11 is 0. The van der Waals surface area contributed by atoms with E-state index >= 15 is 0 Å². The van der Waals surface area contributed by atoms with Crippen LogP contribution in [0.4, 0.5) is 0 Å². The van der Waals surface area contributed by atoms with E-state index in [0.717, 1.165) is 25.7 Å². The highest BCUT2D eigenvalue weighted by Gasteiger charge is 2.08. The van der Waals surface area contributed by atoms with Gasteiger partial charge in [-0.25, -0.2) is 0 Å². The highest BCUT2D eigenvalue weighted by Crippen LogP contribution is 2.11. The molecule has 0 aromatic carbocycles. The maximum atomic E-state index is 10.5. The molecule has 88 valence electrons. The number of allylic oxidation sites excluding steroid dienone is 2. The summed E-state index contributed by atoms with van der Waals surface area (Å²) in [5, 5.41) is 8.67. The van der Waals surface area contributed by atoms with E-state index in [2.05, 4.69) is 19.1 Å². The van der Waals surface area contributed by atoms with Crippen molar-refractivity contribution in [3.8, 4) is 0 Å². The Balaban J connectivity index is 3.18. The molecule has 0 amide bonds. The van der Waals surface area contributed by atoms with Gasteiger partial charge in [0.05, 0.1) is 5.92 Å². The molecule has 1 unspecified atom stereocenters. The molecule has 2 nitrogen and oxygen atoms in total. The molecule has 0 aromatic rings. The average Bonchev–Trinajstić information content (AvgIpc) is 2.21. The van der Waals surface area contributed by atoms with Gasteiger partial charge in [-0.15, -0.1) is 0 Å². The molecule has 0 aliphatic rings. The summed E-state index contributed by atoms with van der Waals surface area (Å²) in [6.07, 6.45) is 12.2. The van der Waals surface area contributed by atoms with E-state index in [-0.39, 0.29) is 5.92 Å². The molecule has 0 aliphatic heterocycles. The number of carboxylic acid groups (broad SMARTS) is 1. The molecule has 0 spiro atoms. The smallest absolute Gasteiger partial charge is 0.306 e. The van der Waals surface area contributed by atoms with Crippen molar-refractivity contribution < 1.29 is 9.90 Å². The van der Waals surface area contributed by atoms with Crippen molar-refractivity contribution in [2.75, 3.05) is 0 Å². The van der Waals surface area contributed by atoms with Crippen molar-refractivity contribution in [1.82, 2.24) is 0 Å². The third-order valence-corrected chi connectivity index (χ3v) is 2.58. The Hall–Kier alpha value is -0.790. The normalized spacial score (nSPS) is 13.2. The van der Waals surface area contributed by atoms with Gasteiger partial charge in [0, 0.05) is 0 Å². The van der Waals surface area contributed by atoms with Crippen LogP contribution in [0.15, 0.2) is 12.2 Å². The topological polar surface area (TPSA) is 37.3 Å². The van der Waals surface area contributed by atoms with Crippen LogP contribution in [0.5, 0.6) is 0 Å². The predicted octanol–water partition coefficient (Wildman–Crippen LogP) is 4.01. The largest absolute Gasteiger partial charge is 0.481 e. The highest BCUT2D eigenvalue weighted by atomic mass is 16.4. The van der Waals surface area contributed by atoms with Gasteiger partial charge in [-0.2, -0.15) is 0 Å². The minimum absolute atomic E-state index is 0.176. The van der Waals surface area contributed by atoms with Crippen molar-refractivity contribution in [3.05, 3.63) is 12.2 Å². The lowest BCUT2D eigenvalue weighted by Gasteiger charge is -2.04. The third kappa shape index (κ3) is 9.51. The molecule has 0 heterocycles. The number of hydrogen-bond donors (Lipinski definition) is 1. The minimum atomic E-state index is -0.666. The Labute approximate surface area is 93.4 Å². The fourth-order valence-corrected chi connectivity index (χ4v) is 1.47. The molecular formula is C13H24O2. The van der Waals surface area contributed by atoms with Crippen molar-refractivity contribution in [2.45, 2.75) is 58.8 Å². The number of carbonyl (C=O) groups is 1. The Morgan fingerprint density at radius 2 is 1.87 bits per heavy atom. The second-order valence-electron chi connectivity index (χ2n) is 4.11. The summed E-state index contributed by atoms with van der Waals surface area (Å²) in [4.78, 5) is 10.5. The van der Waals surface area contributed by atoms with Gasteiger partial charge in [0.15, 0.2) is 0 Å². The van der Waals surface area contributed by atoms with E-state index in [1.165, 1.54) is 19.3 Å². The van der Waals surface area contributed by atoms with Crippen LogP contribution in [0, 0.1) is 5.92 Å². The first-order valence-corrected chi connectivity index (χ1v) is 6.06. The highest BCUT2D eigenvalue weighted by molar-refractivity contribution is 5.69. The number of hydrogen-bond acceptors (Lipinski definition) is 1. The van der Waals surface area contributed by atoms with Crippen LogP contribution in [-0.2, 0) is 4.79 Å². The summed E-state index contributed by atoms with van der Waals surface area (Å²) < 4.78 is 0. The van der Waals surface area contributed by atoms with E-state index in [0.29, 0.717) is 0 Å². The zero-order valence-corrected chi connectivity index (χ0v) is 10.0. The van der Waals surface area contributed by atoms with Crippen molar-refractivity contribution in [1.29, 1.82) is 0 Å². The molecule has 0 radical (unpaired) electrons.